The number of hydrogen-bond donors (Lipinski definition) is 0. The number of aromatic nitrogens is 1. The van der Waals surface area contributed by atoms with Crippen LogP contribution in [0.2, 0.25) is 20.1 Å². The zero-order valence-electron chi connectivity index (χ0n) is 17.2. The molecule has 2 aromatic carbocycles. The first kappa shape index (κ1) is 25.9. The van der Waals surface area contributed by atoms with Crippen LogP contribution in [0.1, 0.15) is 36.4 Å². The molecule has 0 saturated heterocycles. The first-order valence-electron chi connectivity index (χ1n) is 9.15. The summed E-state index contributed by atoms with van der Waals surface area (Å²) >= 11 is 25.3. The van der Waals surface area contributed by atoms with Gasteiger partial charge in [0.15, 0.2) is 0 Å². The predicted molar refractivity (Wildman–Crippen MR) is 130 cm³/mol. The van der Waals surface area contributed by atoms with Crippen LogP contribution in [-0.4, -0.2) is 16.4 Å². The standard InChI is InChI=1S/C23H19Cl4N3.Fe/c1-12-8-16(24)22(17(25)9-12)28-14(3)20-6-5-7-21(30-20)15(4)29-23-18(26)10-13(2)11-19(23)27;/h5-11H,1-4H3;. The van der Waals surface area contributed by atoms with Crippen LogP contribution in [-0.2, 0) is 17.1 Å². The van der Waals surface area contributed by atoms with Crippen molar-refractivity contribution in [1.29, 1.82) is 0 Å². The van der Waals surface area contributed by atoms with Crippen molar-refractivity contribution >= 4 is 69.2 Å². The number of rotatable bonds is 4. The normalized spacial score (nSPS) is 12.0. The second-order valence-corrected chi connectivity index (χ2v) is 8.59. The predicted octanol–water partition coefficient (Wildman–Crippen LogP) is 8.59. The zero-order valence-corrected chi connectivity index (χ0v) is 21.4. The van der Waals surface area contributed by atoms with Gasteiger partial charge in [-0.05, 0) is 75.2 Å². The molecule has 0 aliphatic heterocycles. The van der Waals surface area contributed by atoms with Crippen LogP contribution in [0.25, 0.3) is 0 Å². The van der Waals surface area contributed by atoms with Crippen molar-refractivity contribution in [3.05, 3.63) is 85.1 Å². The molecule has 1 heterocycles. The number of aryl methyl sites for hydroxylation is 2. The molecule has 0 atom stereocenters. The molecule has 0 amide bonds. The number of pyridine rings is 1. The van der Waals surface area contributed by atoms with Gasteiger partial charge in [0.2, 0.25) is 0 Å². The Kier molecular flexibility index (Phi) is 9.14. The topological polar surface area (TPSA) is 37.6 Å². The van der Waals surface area contributed by atoms with Gasteiger partial charge in [-0.25, -0.2) is 15.0 Å². The summed E-state index contributed by atoms with van der Waals surface area (Å²) in [6.45, 7) is 7.58. The molecule has 8 heteroatoms. The van der Waals surface area contributed by atoms with Crippen LogP contribution in [0.15, 0.2) is 52.4 Å². The Labute approximate surface area is 213 Å². The Bertz CT molecular complexity index is 1050. The van der Waals surface area contributed by atoms with E-state index >= 15 is 0 Å². The maximum Gasteiger partial charge on any atom is 0.101 e. The number of halogens is 4. The summed E-state index contributed by atoms with van der Waals surface area (Å²) in [6, 6.07) is 13.0. The Morgan fingerprint density at radius 3 is 1.32 bits per heavy atom. The fourth-order valence-electron chi connectivity index (χ4n) is 2.89. The second kappa shape index (κ2) is 11.0. The molecule has 0 radical (unpaired) electrons. The molecule has 3 nitrogen and oxygen atoms in total. The third-order valence-electron chi connectivity index (χ3n) is 4.37. The van der Waals surface area contributed by atoms with Crippen molar-refractivity contribution in [1.82, 2.24) is 4.98 Å². The Hall–Kier alpha value is -1.39. The first-order chi connectivity index (χ1) is 14.2. The zero-order chi connectivity index (χ0) is 22.0. The van der Waals surface area contributed by atoms with Crippen molar-refractivity contribution in [3.63, 3.8) is 0 Å². The Morgan fingerprint density at radius 1 is 0.677 bits per heavy atom. The van der Waals surface area contributed by atoms with Crippen LogP contribution in [0, 0.1) is 13.8 Å². The van der Waals surface area contributed by atoms with Crippen LogP contribution >= 0.6 is 46.4 Å². The number of aliphatic imine (C=N–C) groups is 2. The molecule has 0 bridgehead atoms. The number of hydrogen-bond acceptors (Lipinski definition) is 3. The van der Waals surface area contributed by atoms with Gasteiger partial charge in [-0.3, -0.25) is 0 Å². The minimum absolute atomic E-state index is 0. The number of nitrogens with zero attached hydrogens (tertiary/aromatic N) is 3. The molecule has 3 aromatic rings. The summed E-state index contributed by atoms with van der Waals surface area (Å²) in [6.07, 6.45) is 0. The van der Waals surface area contributed by atoms with Gasteiger partial charge in [-0.1, -0.05) is 52.5 Å². The molecular weight excluding hydrogens is 516 g/mol. The van der Waals surface area contributed by atoms with E-state index in [0.29, 0.717) is 54.3 Å². The Morgan fingerprint density at radius 2 is 1.00 bits per heavy atom. The van der Waals surface area contributed by atoms with E-state index in [1.165, 1.54) is 0 Å². The quantitative estimate of drug-likeness (QED) is 0.244. The van der Waals surface area contributed by atoms with Crippen molar-refractivity contribution in [2.45, 2.75) is 27.7 Å². The van der Waals surface area contributed by atoms with E-state index in [0.717, 1.165) is 11.1 Å². The van der Waals surface area contributed by atoms with Crippen LogP contribution in [0.4, 0.5) is 11.4 Å². The fraction of sp³-hybridized carbons (Fsp3) is 0.174. The van der Waals surface area contributed by atoms with Gasteiger partial charge in [-0.15, -0.1) is 0 Å². The van der Waals surface area contributed by atoms with Gasteiger partial charge in [0.25, 0.3) is 0 Å². The van der Waals surface area contributed by atoms with Crippen LogP contribution in [0.3, 0.4) is 0 Å². The van der Waals surface area contributed by atoms with Crippen molar-refractivity contribution in [2.75, 3.05) is 0 Å². The van der Waals surface area contributed by atoms with Gasteiger partial charge < -0.3 is 0 Å². The molecule has 3 rings (SSSR count). The van der Waals surface area contributed by atoms with E-state index in [1.54, 1.807) is 0 Å². The SMILES string of the molecule is CC(=Nc1c(Cl)cc(C)cc1Cl)c1cccc(C(C)=Nc2c(Cl)cc(C)cc2Cl)n1.[Fe]. The van der Waals surface area contributed by atoms with Crippen molar-refractivity contribution in [3.8, 4) is 0 Å². The third kappa shape index (κ3) is 6.32. The summed E-state index contributed by atoms with van der Waals surface area (Å²) in [5, 5.41) is 1.99. The molecular formula is C23H19Cl4FeN3. The molecule has 0 unspecified atom stereocenters. The van der Waals surface area contributed by atoms with Crippen LogP contribution in [0.5, 0.6) is 0 Å². The number of benzene rings is 2. The van der Waals surface area contributed by atoms with Crippen LogP contribution < -0.4 is 0 Å². The summed E-state index contributed by atoms with van der Waals surface area (Å²) in [5.74, 6) is 0. The second-order valence-electron chi connectivity index (χ2n) is 6.96. The van der Waals surface area contributed by atoms with Gasteiger partial charge >= 0.3 is 0 Å². The fourth-order valence-corrected chi connectivity index (χ4v) is 4.25. The van der Waals surface area contributed by atoms with Gasteiger partial charge in [0.05, 0.1) is 42.9 Å². The van der Waals surface area contributed by atoms with E-state index in [1.807, 2.05) is 70.2 Å². The molecule has 0 aliphatic rings. The minimum Gasteiger partial charge on any atom is -0.248 e. The molecule has 0 fully saturated rings. The van der Waals surface area contributed by atoms with E-state index in [9.17, 15) is 0 Å². The van der Waals surface area contributed by atoms with Gasteiger partial charge in [-0.2, -0.15) is 0 Å². The smallest absolute Gasteiger partial charge is 0.101 e. The van der Waals surface area contributed by atoms with Gasteiger partial charge in [0.1, 0.15) is 11.4 Å². The molecule has 0 N–H and O–H groups in total. The van der Waals surface area contributed by atoms with E-state index in [4.69, 9.17) is 46.4 Å². The summed E-state index contributed by atoms with van der Waals surface area (Å²) in [4.78, 5) is 13.9. The average Bonchev–Trinajstić information content (AvgIpc) is 2.67. The average molecular weight is 535 g/mol. The molecule has 0 saturated carbocycles. The molecule has 31 heavy (non-hydrogen) atoms. The largest absolute Gasteiger partial charge is 0.248 e. The van der Waals surface area contributed by atoms with Crippen molar-refractivity contribution < 1.29 is 17.1 Å². The molecule has 162 valence electrons. The maximum absolute atomic E-state index is 6.32. The third-order valence-corrected chi connectivity index (χ3v) is 5.52. The van der Waals surface area contributed by atoms with Gasteiger partial charge in [0, 0.05) is 17.1 Å². The first-order valence-corrected chi connectivity index (χ1v) is 10.7. The molecule has 0 spiro atoms. The minimum atomic E-state index is 0. The summed E-state index contributed by atoms with van der Waals surface area (Å²) in [7, 11) is 0. The van der Waals surface area contributed by atoms with E-state index < -0.39 is 0 Å². The summed E-state index contributed by atoms with van der Waals surface area (Å²) in [5.41, 5.74) is 5.75. The van der Waals surface area contributed by atoms with Crippen molar-refractivity contribution in [2.24, 2.45) is 9.98 Å². The molecule has 1 aromatic heterocycles. The van der Waals surface area contributed by atoms with E-state index in [-0.39, 0.29) is 17.1 Å². The monoisotopic (exact) mass is 533 g/mol. The molecule has 0 aliphatic carbocycles. The Balaban J connectivity index is 0.00000341. The maximum atomic E-state index is 6.32. The van der Waals surface area contributed by atoms with E-state index in [2.05, 4.69) is 15.0 Å². The summed E-state index contributed by atoms with van der Waals surface area (Å²) < 4.78 is 0.